The maximum absolute atomic E-state index is 11.8. The molecule has 5 nitrogen and oxygen atoms in total. The Kier molecular flexibility index (Phi) is 6.21. The first-order valence-electron chi connectivity index (χ1n) is 8.06. The van der Waals surface area contributed by atoms with E-state index in [1.54, 1.807) is 0 Å². The summed E-state index contributed by atoms with van der Waals surface area (Å²) in [5.41, 5.74) is 2.83. The highest BCUT2D eigenvalue weighted by Gasteiger charge is 2.20. The van der Waals surface area contributed by atoms with Crippen molar-refractivity contribution < 1.29 is 9.90 Å². The van der Waals surface area contributed by atoms with Gasteiger partial charge in [-0.05, 0) is 37.8 Å². The average Bonchev–Trinajstić information content (AvgIpc) is 2.52. The van der Waals surface area contributed by atoms with Crippen molar-refractivity contribution in [1.29, 1.82) is 0 Å². The largest absolute Gasteiger partial charge is 0.396 e. The summed E-state index contributed by atoms with van der Waals surface area (Å²) in [6, 6.07) is 8.69. The maximum Gasteiger partial charge on any atom is 0.315 e. The number of nitrogens with one attached hydrogen (secondary N) is 2. The van der Waals surface area contributed by atoms with Crippen molar-refractivity contribution in [2.75, 3.05) is 19.7 Å². The van der Waals surface area contributed by atoms with E-state index in [4.69, 9.17) is 5.11 Å². The number of aliphatic hydroxyl groups is 1. The zero-order valence-corrected chi connectivity index (χ0v) is 13.5. The molecule has 22 heavy (non-hydrogen) atoms. The van der Waals surface area contributed by atoms with E-state index in [0.29, 0.717) is 19.0 Å². The topological polar surface area (TPSA) is 64.6 Å². The fourth-order valence-electron chi connectivity index (χ4n) is 2.80. The second-order valence-electron chi connectivity index (χ2n) is 6.11. The number of benzene rings is 1. The second kappa shape index (κ2) is 8.15. The number of urea groups is 1. The lowest BCUT2D eigenvalue weighted by atomic mass is 9.99. The highest BCUT2D eigenvalue weighted by atomic mass is 16.3. The standard InChI is InChI=1S/C17H27N3O2/c1-13(8-10-21)19-17(22)18-11-14(2)20-9-7-15-5-3-4-6-16(15)12-20/h3-6,13-14,21H,7-12H2,1-2H3,(H2,18,19,22)/t13-,14?/m1/s1. The van der Waals surface area contributed by atoms with Crippen LogP contribution < -0.4 is 10.6 Å². The van der Waals surface area contributed by atoms with E-state index in [1.165, 1.54) is 11.1 Å². The van der Waals surface area contributed by atoms with Crippen LogP contribution in [0, 0.1) is 0 Å². The quantitative estimate of drug-likeness (QED) is 0.746. The summed E-state index contributed by atoms with van der Waals surface area (Å²) >= 11 is 0. The summed E-state index contributed by atoms with van der Waals surface area (Å²) < 4.78 is 0. The summed E-state index contributed by atoms with van der Waals surface area (Å²) in [6.07, 6.45) is 1.64. The predicted molar refractivity (Wildman–Crippen MR) is 87.7 cm³/mol. The molecule has 2 atom stereocenters. The normalized spacial score (nSPS) is 17.4. The molecule has 0 fully saturated rings. The van der Waals surface area contributed by atoms with Gasteiger partial charge in [-0.25, -0.2) is 4.79 Å². The Hall–Kier alpha value is -1.59. The van der Waals surface area contributed by atoms with Gasteiger partial charge in [0.05, 0.1) is 0 Å². The number of rotatable bonds is 6. The average molecular weight is 305 g/mol. The molecule has 5 heteroatoms. The van der Waals surface area contributed by atoms with Crippen molar-refractivity contribution >= 4 is 6.03 Å². The van der Waals surface area contributed by atoms with E-state index in [-0.39, 0.29) is 18.7 Å². The lowest BCUT2D eigenvalue weighted by Crippen LogP contribution is -2.48. The molecule has 122 valence electrons. The van der Waals surface area contributed by atoms with Gasteiger partial charge in [0, 0.05) is 38.3 Å². The van der Waals surface area contributed by atoms with Gasteiger partial charge in [-0.2, -0.15) is 0 Å². The summed E-state index contributed by atoms with van der Waals surface area (Å²) in [5, 5.41) is 14.6. The zero-order chi connectivity index (χ0) is 15.9. The molecule has 0 saturated carbocycles. The van der Waals surface area contributed by atoms with Gasteiger partial charge in [0.15, 0.2) is 0 Å². The van der Waals surface area contributed by atoms with Crippen molar-refractivity contribution in [1.82, 2.24) is 15.5 Å². The van der Waals surface area contributed by atoms with Gasteiger partial charge in [-0.15, -0.1) is 0 Å². The third-order valence-corrected chi connectivity index (χ3v) is 4.28. The first-order chi connectivity index (χ1) is 10.6. The summed E-state index contributed by atoms with van der Waals surface area (Å²) in [7, 11) is 0. The van der Waals surface area contributed by atoms with Crippen molar-refractivity contribution in [3.05, 3.63) is 35.4 Å². The summed E-state index contributed by atoms with van der Waals surface area (Å²) in [4.78, 5) is 14.2. The van der Waals surface area contributed by atoms with Gasteiger partial charge < -0.3 is 15.7 Å². The number of fused-ring (bicyclic) bond motifs is 1. The molecule has 1 aromatic carbocycles. The van der Waals surface area contributed by atoms with Crippen LogP contribution in [-0.2, 0) is 13.0 Å². The lowest BCUT2D eigenvalue weighted by molar-refractivity contribution is 0.184. The minimum atomic E-state index is -0.162. The molecule has 1 unspecified atom stereocenters. The molecule has 1 aliphatic heterocycles. The van der Waals surface area contributed by atoms with Gasteiger partial charge in [0.25, 0.3) is 0 Å². The SMILES string of the molecule is CC(CNC(=O)N[C@H](C)CCO)N1CCc2ccccc2C1. The molecular formula is C17H27N3O2. The number of aliphatic hydroxyl groups excluding tert-OH is 1. The highest BCUT2D eigenvalue weighted by Crippen LogP contribution is 2.19. The van der Waals surface area contributed by atoms with Gasteiger partial charge in [0.2, 0.25) is 0 Å². The number of nitrogens with zero attached hydrogens (tertiary/aromatic N) is 1. The van der Waals surface area contributed by atoms with E-state index in [0.717, 1.165) is 19.5 Å². The van der Waals surface area contributed by atoms with Crippen molar-refractivity contribution in [2.45, 2.75) is 45.3 Å². The number of carbonyl (C=O) groups is 1. The van der Waals surface area contributed by atoms with E-state index in [9.17, 15) is 4.79 Å². The first kappa shape index (κ1) is 16.8. The number of hydrogen-bond donors (Lipinski definition) is 3. The van der Waals surface area contributed by atoms with Crippen LogP contribution in [0.5, 0.6) is 0 Å². The Balaban J connectivity index is 1.76. The van der Waals surface area contributed by atoms with Crippen LogP contribution in [0.25, 0.3) is 0 Å². The maximum atomic E-state index is 11.8. The van der Waals surface area contributed by atoms with Crippen LogP contribution in [0.15, 0.2) is 24.3 Å². The molecule has 0 aliphatic carbocycles. The molecule has 0 saturated heterocycles. The van der Waals surface area contributed by atoms with Crippen molar-refractivity contribution in [2.24, 2.45) is 0 Å². The third kappa shape index (κ3) is 4.71. The summed E-state index contributed by atoms with van der Waals surface area (Å²) in [6.45, 7) is 6.72. The third-order valence-electron chi connectivity index (χ3n) is 4.28. The Morgan fingerprint density at radius 1 is 1.32 bits per heavy atom. The fourth-order valence-corrected chi connectivity index (χ4v) is 2.80. The molecule has 3 N–H and O–H groups in total. The van der Waals surface area contributed by atoms with Gasteiger partial charge in [-0.3, -0.25) is 4.90 Å². The van der Waals surface area contributed by atoms with E-state index >= 15 is 0 Å². The van der Waals surface area contributed by atoms with Gasteiger partial charge >= 0.3 is 6.03 Å². The molecule has 2 amide bonds. The minimum absolute atomic E-state index is 0.0119. The molecule has 0 aromatic heterocycles. The monoisotopic (exact) mass is 305 g/mol. The Labute approximate surface area is 132 Å². The van der Waals surface area contributed by atoms with Crippen LogP contribution >= 0.6 is 0 Å². The fraction of sp³-hybridized carbons (Fsp3) is 0.588. The minimum Gasteiger partial charge on any atom is -0.396 e. The van der Waals surface area contributed by atoms with Crippen molar-refractivity contribution in [3.8, 4) is 0 Å². The molecule has 1 aromatic rings. The van der Waals surface area contributed by atoms with Crippen LogP contribution in [0.4, 0.5) is 4.79 Å². The Morgan fingerprint density at radius 3 is 2.77 bits per heavy atom. The van der Waals surface area contributed by atoms with Gasteiger partial charge in [0.1, 0.15) is 0 Å². The Morgan fingerprint density at radius 2 is 2.05 bits per heavy atom. The molecule has 1 aliphatic rings. The zero-order valence-electron chi connectivity index (χ0n) is 13.5. The summed E-state index contributed by atoms with van der Waals surface area (Å²) in [5.74, 6) is 0. The lowest BCUT2D eigenvalue weighted by Gasteiger charge is -2.33. The van der Waals surface area contributed by atoms with Gasteiger partial charge in [-0.1, -0.05) is 24.3 Å². The van der Waals surface area contributed by atoms with E-state index < -0.39 is 0 Å². The van der Waals surface area contributed by atoms with Crippen LogP contribution in [-0.4, -0.2) is 47.8 Å². The van der Waals surface area contributed by atoms with E-state index in [2.05, 4.69) is 46.7 Å². The number of hydrogen-bond acceptors (Lipinski definition) is 3. The smallest absolute Gasteiger partial charge is 0.315 e. The van der Waals surface area contributed by atoms with Crippen LogP contribution in [0.1, 0.15) is 31.4 Å². The van der Waals surface area contributed by atoms with Crippen molar-refractivity contribution in [3.63, 3.8) is 0 Å². The highest BCUT2D eigenvalue weighted by molar-refractivity contribution is 5.74. The van der Waals surface area contributed by atoms with E-state index in [1.807, 2.05) is 6.92 Å². The molecule has 0 radical (unpaired) electrons. The molecule has 0 spiro atoms. The molecule has 1 heterocycles. The second-order valence-corrected chi connectivity index (χ2v) is 6.11. The predicted octanol–water partition coefficient (Wildman–Crippen LogP) is 1.50. The Bertz CT molecular complexity index is 493. The molecule has 0 bridgehead atoms. The number of carbonyl (C=O) groups excluding carboxylic acids is 1. The first-order valence-corrected chi connectivity index (χ1v) is 8.06. The van der Waals surface area contributed by atoms with Crippen LogP contribution in [0.3, 0.4) is 0 Å². The molecule has 2 rings (SSSR count). The number of amides is 2. The van der Waals surface area contributed by atoms with Crippen LogP contribution in [0.2, 0.25) is 0 Å². The molecular weight excluding hydrogens is 278 g/mol.